The largest absolute Gasteiger partial charge is 0.366 e. The summed E-state index contributed by atoms with van der Waals surface area (Å²) in [6, 6.07) is 4.77. The van der Waals surface area contributed by atoms with E-state index < -0.39 is 0 Å². The summed E-state index contributed by atoms with van der Waals surface area (Å²) in [4.78, 5) is 2.61. The van der Waals surface area contributed by atoms with Crippen LogP contribution in [0, 0.1) is 10.8 Å². The second-order valence-electron chi connectivity index (χ2n) is 11.6. The van der Waals surface area contributed by atoms with Crippen molar-refractivity contribution in [2.75, 3.05) is 11.4 Å². The molecule has 0 bridgehead atoms. The Morgan fingerprint density at radius 3 is 1.93 bits per heavy atom. The zero-order chi connectivity index (χ0) is 21.0. The molecule has 0 radical (unpaired) electrons. The first-order chi connectivity index (χ1) is 12.0. The van der Waals surface area contributed by atoms with E-state index in [1.54, 1.807) is 0 Å². The monoisotopic (exact) mass is 392 g/mol. The molecular weight excluding hydrogens is 352 g/mol. The highest BCUT2D eigenvalue weighted by Gasteiger charge is 2.59. The molecule has 2 nitrogen and oxygen atoms in total. The fraction of sp³-hybridized carbons (Fsp3) is 0.750. The molecular formula is C24H41ClN2. The second-order valence-corrected chi connectivity index (χ2v) is 12.0. The van der Waals surface area contributed by atoms with Crippen LogP contribution in [0.1, 0.15) is 87.3 Å². The number of hydrogen-bond acceptors (Lipinski definition) is 2. The van der Waals surface area contributed by atoms with Crippen LogP contribution in [-0.4, -0.2) is 18.1 Å². The van der Waals surface area contributed by atoms with Gasteiger partial charge in [0.1, 0.15) is 0 Å². The van der Waals surface area contributed by atoms with E-state index in [2.05, 4.69) is 98.5 Å². The molecule has 1 aliphatic heterocycles. The molecule has 27 heavy (non-hydrogen) atoms. The second kappa shape index (κ2) is 6.95. The van der Waals surface area contributed by atoms with Gasteiger partial charge in [0, 0.05) is 40.8 Å². The van der Waals surface area contributed by atoms with Crippen molar-refractivity contribution < 1.29 is 0 Å². The van der Waals surface area contributed by atoms with Crippen molar-refractivity contribution in [2.45, 2.75) is 99.7 Å². The standard InChI is InChI=1S/C24H41ClN2/c1-16(2)26-14-17-18(25)12-13-19-20(17)24(21(3,4)5,22(6,7)8)15-27(19)23(9,10)11/h12-13,16,26H,14-15H2,1-11H3. The summed E-state index contributed by atoms with van der Waals surface area (Å²) in [6.07, 6.45) is 0. The Labute approximate surface area is 173 Å². The average Bonchev–Trinajstić information content (AvgIpc) is 2.81. The molecule has 0 aromatic heterocycles. The highest BCUT2D eigenvalue weighted by molar-refractivity contribution is 6.31. The van der Waals surface area contributed by atoms with Crippen LogP contribution in [0.2, 0.25) is 5.02 Å². The van der Waals surface area contributed by atoms with E-state index in [1.165, 1.54) is 16.8 Å². The molecule has 1 aromatic carbocycles. The van der Waals surface area contributed by atoms with Crippen molar-refractivity contribution in [2.24, 2.45) is 10.8 Å². The van der Waals surface area contributed by atoms with Gasteiger partial charge in [0.05, 0.1) is 0 Å². The van der Waals surface area contributed by atoms with E-state index in [1.807, 2.05) is 0 Å². The Balaban J connectivity index is 2.88. The van der Waals surface area contributed by atoms with Crippen LogP contribution in [-0.2, 0) is 12.0 Å². The van der Waals surface area contributed by atoms with E-state index in [0.717, 1.165) is 18.1 Å². The smallest absolute Gasteiger partial charge is 0.0455 e. The van der Waals surface area contributed by atoms with Gasteiger partial charge in [-0.05, 0) is 54.9 Å². The van der Waals surface area contributed by atoms with Gasteiger partial charge in [-0.2, -0.15) is 0 Å². The van der Waals surface area contributed by atoms with Gasteiger partial charge in [0.15, 0.2) is 0 Å². The average molecular weight is 393 g/mol. The van der Waals surface area contributed by atoms with Crippen LogP contribution in [0.3, 0.4) is 0 Å². The fourth-order valence-corrected chi connectivity index (χ4v) is 5.36. The lowest BCUT2D eigenvalue weighted by Crippen LogP contribution is -2.55. The van der Waals surface area contributed by atoms with Crippen molar-refractivity contribution in [3.05, 3.63) is 28.3 Å². The molecule has 0 aliphatic carbocycles. The molecule has 1 heterocycles. The van der Waals surface area contributed by atoms with Crippen LogP contribution in [0.4, 0.5) is 5.69 Å². The number of hydrogen-bond donors (Lipinski definition) is 1. The van der Waals surface area contributed by atoms with E-state index in [4.69, 9.17) is 11.6 Å². The number of nitrogens with zero attached hydrogens (tertiary/aromatic N) is 1. The minimum absolute atomic E-state index is 0.00149. The van der Waals surface area contributed by atoms with Crippen LogP contribution >= 0.6 is 11.6 Å². The Kier molecular flexibility index (Phi) is 5.81. The third-order valence-electron chi connectivity index (χ3n) is 6.40. The highest BCUT2D eigenvalue weighted by atomic mass is 35.5. The summed E-state index contributed by atoms with van der Waals surface area (Å²) in [5.74, 6) is 0. The summed E-state index contributed by atoms with van der Waals surface area (Å²) in [7, 11) is 0. The lowest BCUT2D eigenvalue weighted by Gasteiger charge is -2.53. The first-order valence-corrected chi connectivity index (χ1v) is 10.7. The van der Waals surface area contributed by atoms with Gasteiger partial charge in [0.25, 0.3) is 0 Å². The summed E-state index contributed by atoms with van der Waals surface area (Å²) in [5.41, 5.74) is 4.34. The Morgan fingerprint density at radius 1 is 1.00 bits per heavy atom. The maximum absolute atomic E-state index is 6.82. The summed E-state index contributed by atoms with van der Waals surface area (Å²) in [5, 5.41) is 4.51. The number of benzene rings is 1. The Bertz CT molecular complexity index is 670. The number of fused-ring (bicyclic) bond motifs is 1. The first-order valence-electron chi connectivity index (χ1n) is 10.4. The van der Waals surface area contributed by atoms with Gasteiger partial charge in [-0.3, -0.25) is 0 Å². The summed E-state index contributed by atoms with van der Waals surface area (Å²) in [6.45, 7) is 27.6. The first kappa shape index (κ1) is 22.6. The zero-order valence-electron chi connectivity index (χ0n) is 19.5. The van der Waals surface area contributed by atoms with Crippen molar-refractivity contribution in [1.82, 2.24) is 5.32 Å². The maximum Gasteiger partial charge on any atom is 0.0455 e. The molecule has 154 valence electrons. The lowest BCUT2D eigenvalue weighted by atomic mass is 9.51. The van der Waals surface area contributed by atoms with Gasteiger partial charge >= 0.3 is 0 Å². The van der Waals surface area contributed by atoms with E-state index in [-0.39, 0.29) is 21.8 Å². The summed E-state index contributed by atoms with van der Waals surface area (Å²) >= 11 is 6.82. The molecule has 1 aromatic rings. The molecule has 3 heteroatoms. The van der Waals surface area contributed by atoms with Gasteiger partial charge < -0.3 is 10.2 Å². The Morgan fingerprint density at radius 2 is 1.52 bits per heavy atom. The molecule has 0 saturated heterocycles. The van der Waals surface area contributed by atoms with Crippen molar-refractivity contribution in [3.63, 3.8) is 0 Å². The zero-order valence-corrected chi connectivity index (χ0v) is 20.2. The fourth-order valence-electron chi connectivity index (χ4n) is 5.14. The number of rotatable bonds is 3. The molecule has 0 atom stereocenters. The van der Waals surface area contributed by atoms with Crippen LogP contribution in [0.25, 0.3) is 0 Å². The van der Waals surface area contributed by atoms with Crippen LogP contribution in [0.5, 0.6) is 0 Å². The SMILES string of the molecule is CC(C)NCc1c(Cl)ccc2c1C(C(C)(C)C)(C(C)(C)C)CN2C(C)(C)C. The molecule has 0 unspecified atom stereocenters. The van der Waals surface area contributed by atoms with Crippen molar-refractivity contribution in [1.29, 1.82) is 0 Å². The van der Waals surface area contributed by atoms with Crippen molar-refractivity contribution >= 4 is 17.3 Å². The highest BCUT2D eigenvalue weighted by Crippen LogP contribution is 2.62. The molecule has 0 saturated carbocycles. The van der Waals surface area contributed by atoms with Crippen LogP contribution < -0.4 is 10.2 Å². The third kappa shape index (κ3) is 3.77. The summed E-state index contributed by atoms with van der Waals surface area (Å²) < 4.78 is 0. The number of nitrogens with one attached hydrogen (secondary N) is 1. The minimum atomic E-state index is 0.00149. The molecule has 0 spiro atoms. The normalized spacial score (nSPS) is 17.6. The quantitative estimate of drug-likeness (QED) is 0.609. The predicted octanol–water partition coefficient (Wildman–Crippen LogP) is 6.79. The van der Waals surface area contributed by atoms with Gasteiger partial charge in [-0.15, -0.1) is 0 Å². The topological polar surface area (TPSA) is 15.3 Å². The maximum atomic E-state index is 6.82. The number of halogens is 1. The van der Waals surface area contributed by atoms with Gasteiger partial charge in [-0.1, -0.05) is 67.0 Å². The minimum Gasteiger partial charge on any atom is -0.366 e. The number of anilines is 1. The third-order valence-corrected chi connectivity index (χ3v) is 6.76. The van der Waals surface area contributed by atoms with E-state index in [9.17, 15) is 0 Å². The molecule has 2 rings (SSSR count). The van der Waals surface area contributed by atoms with Crippen LogP contribution in [0.15, 0.2) is 12.1 Å². The molecule has 0 fully saturated rings. The van der Waals surface area contributed by atoms with E-state index >= 15 is 0 Å². The van der Waals surface area contributed by atoms with Crippen molar-refractivity contribution in [3.8, 4) is 0 Å². The van der Waals surface area contributed by atoms with E-state index in [0.29, 0.717) is 6.04 Å². The molecule has 0 amide bonds. The Hall–Kier alpha value is -0.730. The molecule has 1 aliphatic rings. The predicted molar refractivity (Wildman–Crippen MR) is 121 cm³/mol. The van der Waals surface area contributed by atoms with Gasteiger partial charge in [-0.25, -0.2) is 0 Å². The van der Waals surface area contributed by atoms with Gasteiger partial charge in [0.2, 0.25) is 0 Å². The lowest BCUT2D eigenvalue weighted by molar-refractivity contribution is 0.0627. The molecule has 1 N–H and O–H groups in total.